The fourth-order valence-electron chi connectivity index (χ4n) is 1.63. The maximum atomic E-state index is 13.5. The minimum absolute atomic E-state index is 0.0926. The molecule has 0 saturated heterocycles. The normalized spacial score (nSPS) is 9.85. The van der Waals surface area contributed by atoms with Crippen molar-refractivity contribution in [2.75, 3.05) is 0 Å². The molecule has 0 saturated carbocycles. The molecule has 0 N–H and O–H groups in total. The molecule has 100 valence electrons. The number of nitrogens with zero attached hydrogens (tertiary/aromatic N) is 1. The van der Waals surface area contributed by atoms with Gasteiger partial charge in [0.05, 0.1) is 17.2 Å². The van der Waals surface area contributed by atoms with Crippen molar-refractivity contribution in [3.8, 4) is 6.07 Å². The Hall–Kier alpha value is -2.38. The van der Waals surface area contributed by atoms with Crippen molar-refractivity contribution in [2.24, 2.45) is 0 Å². The molecule has 0 amide bonds. The van der Waals surface area contributed by atoms with E-state index in [9.17, 15) is 9.18 Å². The largest absolute Gasteiger partial charge is 0.457 e. The van der Waals surface area contributed by atoms with Gasteiger partial charge in [-0.2, -0.15) is 5.26 Å². The van der Waals surface area contributed by atoms with Crippen LogP contribution in [0.5, 0.6) is 0 Å². The van der Waals surface area contributed by atoms with Crippen molar-refractivity contribution < 1.29 is 13.9 Å². The van der Waals surface area contributed by atoms with Gasteiger partial charge < -0.3 is 4.74 Å². The molecule has 20 heavy (non-hydrogen) atoms. The Morgan fingerprint density at radius 3 is 2.75 bits per heavy atom. The van der Waals surface area contributed by atoms with Crippen molar-refractivity contribution in [1.82, 2.24) is 0 Å². The summed E-state index contributed by atoms with van der Waals surface area (Å²) >= 11 is 5.61. The Bertz CT molecular complexity index is 695. The van der Waals surface area contributed by atoms with E-state index in [1.54, 1.807) is 24.3 Å². The predicted molar refractivity (Wildman–Crippen MR) is 71.7 cm³/mol. The molecule has 0 fully saturated rings. The third kappa shape index (κ3) is 3.14. The lowest BCUT2D eigenvalue weighted by molar-refractivity contribution is 0.0467. The first-order chi connectivity index (χ1) is 9.61. The number of benzene rings is 2. The third-order valence-corrected chi connectivity index (χ3v) is 2.88. The van der Waals surface area contributed by atoms with E-state index < -0.39 is 11.8 Å². The Kier molecular flexibility index (Phi) is 4.34. The average Bonchev–Trinajstić information content (AvgIpc) is 2.45. The number of hydrogen-bond donors (Lipinski definition) is 0. The zero-order valence-corrected chi connectivity index (χ0v) is 11.0. The number of carbonyl (C=O) groups excluding carboxylic acids is 1. The van der Waals surface area contributed by atoms with Gasteiger partial charge in [0.2, 0.25) is 0 Å². The summed E-state index contributed by atoms with van der Waals surface area (Å²) in [6.07, 6.45) is 0. The van der Waals surface area contributed by atoms with Crippen LogP contribution in [-0.2, 0) is 11.3 Å². The quantitative estimate of drug-likeness (QED) is 0.809. The Balaban J connectivity index is 2.11. The molecular formula is C15H9ClFNO2. The zero-order valence-electron chi connectivity index (χ0n) is 10.3. The number of rotatable bonds is 3. The lowest BCUT2D eigenvalue weighted by Crippen LogP contribution is -2.08. The molecule has 0 spiro atoms. The van der Waals surface area contributed by atoms with E-state index in [1.165, 1.54) is 12.1 Å². The first-order valence-corrected chi connectivity index (χ1v) is 6.10. The summed E-state index contributed by atoms with van der Waals surface area (Å²) < 4.78 is 18.5. The van der Waals surface area contributed by atoms with Crippen LogP contribution in [-0.4, -0.2) is 5.97 Å². The molecule has 2 aromatic rings. The number of esters is 1. The maximum absolute atomic E-state index is 13.5. The van der Waals surface area contributed by atoms with Gasteiger partial charge in [-0.15, -0.1) is 0 Å². The Labute approximate surface area is 120 Å². The molecule has 0 heterocycles. The van der Waals surface area contributed by atoms with Crippen LogP contribution in [0.15, 0.2) is 42.5 Å². The molecule has 0 atom stereocenters. The van der Waals surface area contributed by atoms with Gasteiger partial charge in [0.1, 0.15) is 12.4 Å². The summed E-state index contributed by atoms with van der Waals surface area (Å²) in [5, 5.41) is 9.11. The molecule has 5 heteroatoms. The van der Waals surface area contributed by atoms with Crippen LogP contribution in [0.4, 0.5) is 4.39 Å². The summed E-state index contributed by atoms with van der Waals surface area (Å²) in [7, 11) is 0. The van der Waals surface area contributed by atoms with Gasteiger partial charge in [-0.25, -0.2) is 9.18 Å². The second-order valence-electron chi connectivity index (χ2n) is 3.97. The number of ether oxygens (including phenoxy) is 1. The van der Waals surface area contributed by atoms with Crippen LogP contribution in [0.25, 0.3) is 0 Å². The highest BCUT2D eigenvalue weighted by Crippen LogP contribution is 2.16. The molecular weight excluding hydrogens is 281 g/mol. The predicted octanol–water partition coefficient (Wildman–Crippen LogP) is 3.71. The van der Waals surface area contributed by atoms with Gasteiger partial charge >= 0.3 is 5.97 Å². The molecule has 2 aromatic carbocycles. The van der Waals surface area contributed by atoms with Crippen LogP contribution in [0.3, 0.4) is 0 Å². The number of halogens is 2. The Morgan fingerprint density at radius 2 is 2.05 bits per heavy atom. The van der Waals surface area contributed by atoms with Gasteiger partial charge in [-0.1, -0.05) is 29.8 Å². The first kappa shape index (κ1) is 14.0. The Morgan fingerprint density at radius 1 is 1.30 bits per heavy atom. The highest BCUT2D eigenvalue weighted by atomic mass is 35.5. The molecule has 0 aromatic heterocycles. The SMILES string of the molecule is N#Cc1ccccc1COC(=O)c1ccc(Cl)cc1F. The summed E-state index contributed by atoms with van der Waals surface area (Å²) in [4.78, 5) is 11.8. The summed E-state index contributed by atoms with van der Waals surface area (Å²) in [5.74, 6) is -1.54. The summed E-state index contributed by atoms with van der Waals surface area (Å²) in [6.45, 7) is -0.0926. The van der Waals surface area contributed by atoms with Crippen molar-refractivity contribution in [3.63, 3.8) is 0 Å². The van der Waals surface area contributed by atoms with Crippen LogP contribution in [0.2, 0.25) is 5.02 Å². The van der Waals surface area contributed by atoms with Gasteiger partial charge in [-0.3, -0.25) is 0 Å². The van der Waals surface area contributed by atoms with E-state index in [0.29, 0.717) is 11.1 Å². The molecule has 0 bridgehead atoms. The van der Waals surface area contributed by atoms with E-state index in [2.05, 4.69) is 0 Å². The molecule has 0 aliphatic carbocycles. The smallest absolute Gasteiger partial charge is 0.341 e. The summed E-state index contributed by atoms with van der Waals surface area (Å²) in [5.41, 5.74) is 0.790. The van der Waals surface area contributed by atoms with Crippen molar-refractivity contribution in [1.29, 1.82) is 5.26 Å². The first-order valence-electron chi connectivity index (χ1n) is 5.72. The van der Waals surface area contributed by atoms with Crippen LogP contribution in [0, 0.1) is 17.1 Å². The van der Waals surface area contributed by atoms with E-state index in [0.717, 1.165) is 6.07 Å². The fourth-order valence-corrected chi connectivity index (χ4v) is 1.79. The molecule has 0 aliphatic heterocycles. The minimum Gasteiger partial charge on any atom is -0.457 e. The topological polar surface area (TPSA) is 50.1 Å². The van der Waals surface area contributed by atoms with E-state index in [1.807, 2.05) is 6.07 Å². The minimum atomic E-state index is -0.799. The van der Waals surface area contributed by atoms with Crippen molar-refractivity contribution in [2.45, 2.75) is 6.61 Å². The molecule has 0 aliphatic rings. The zero-order chi connectivity index (χ0) is 14.5. The van der Waals surface area contributed by atoms with E-state index in [4.69, 9.17) is 21.6 Å². The average molecular weight is 290 g/mol. The van der Waals surface area contributed by atoms with E-state index in [-0.39, 0.29) is 17.2 Å². The van der Waals surface area contributed by atoms with Gasteiger partial charge in [0, 0.05) is 10.6 Å². The van der Waals surface area contributed by atoms with Crippen LogP contribution in [0.1, 0.15) is 21.5 Å². The third-order valence-electron chi connectivity index (χ3n) is 2.65. The molecule has 2 rings (SSSR count). The highest BCUT2D eigenvalue weighted by molar-refractivity contribution is 6.30. The van der Waals surface area contributed by atoms with Gasteiger partial charge in [0.15, 0.2) is 0 Å². The number of carbonyl (C=O) groups is 1. The maximum Gasteiger partial charge on any atom is 0.341 e. The highest BCUT2D eigenvalue weighted by Gasteiger charge is 2.14. The summed E-state index contributed by atoms with van der Waals surface area (Å²) in [6, 6.07) is 12.4. The second-order valence-corrected chi connectivity index (χ2v) is 4.41. The standard InChI is InChI=1S/C15H9ClFNO2/c16-12-5-6-13(14(17)7-12)15(19)20-9-11-4-2-1-3-10(11)8-18/h1-7H,9H2. The van der Waals surface area contributed by atoms with Crippen LogP contribution >= 0.6 is 11.6 Å². The molecule has 3 nitrogen and oxygen atoms in total. The lowest BCUT2D eigenvalue weighted by atomic mass is 10.1. The molecule has 0 unspecified atom stereocenters. The van der Waals surface area contributed by atoms with Crippen molar-refractivity contribution >= 4 is 17.6 Å². The second kappa shape index (κ2) is 6.18. The monoisotopic (exact) mass is 289 g/mol. The van der Waals surface area contributed by atoms with E-state index >= 15 is 0 Å². The lowest BCUT2D eigenvalue weighted by Gasteiger charge is -2.07. The van der Waals surface area contributed by atoms with Gasteiger partial charge in [0.25, 0.3) is 0 Å². The van der Waals surface area contributed by atoms with Crippen molar-refractivity contribution in [3.05, 3.63) is 70.0 Å². The van der Waals surface area contributed by atoms with Crippen LogP contribution < -0.4 is 0 Å². The number of hydrogen-bond acceptors (Lipinski definition) is 3. The fraction of sp³-hybridized carbons (Fsp3) is 0.0667. The van der Waals surface area contributed by atoms with Gasteiger partial charge in [-0.05, 0) is 24.3 Å². The number of nitriles is 1. The molecule has 0 radical (unpaired) electrons.